The van der Waals surface area contributed by atoms with Crippen LogP contribution in [0.5, 0.6) is 0 Å². The fourth-order valence-corrected chi connectivity index (χ4v) is 15.2. The highest BCUT2D eigenvalue weighted by molar-refractivity contribution is 7.85. The molecule has 0 amide bonds. The molecule has 6 aromatic carbocycles. The van der Waals surface area contributed by atoms with Gasteiger partial charge in [0.25, 0.3) is 0 Å². The van der Waals surface area contributed by atoms with E-state index in [1.165, 1.54) is 0 Å². The highest BCUT2D eigenvalue weighted by Gasteiger charge is 2.31. The van der Waals surface area contributed by atoms with Gasteiger partial charge in [-0.05, 0) is 32.7 Å². The summed E-state index contributed by atoms with van der Waals surface area (Å²) >= 11 is 0. The molecular weight excluding hydrogens is 904 g/mol. The zero-order chi connectivity index (χ0) is 48.9. The summed E-state index contributed by atoms with van der Waals surface area (Å²) in [5, 5.41) is 5.06. The topological polar surface area (TPSA) is 89.9 Å². The lowest BCUT2D eigenvalue weighted by molar-refractivity contribution is 0.589. The van der Waals surface area contributed by atoms with Crippen molar-refractivity contribution in [2.75, 3.05) is 0 Å². The van der Waals surface area contributed by atoms with Crippen molar-refractivity contribution in [3.05, 3.63) is 284 Å². The van der Waals surface area contributed by atoms with Crippen molar-refractivity contribution < 1.29 is 13.7 Å². The summed E-state index contributed by atoms with van der Waals surface area (Å²) in [5.41, 5.74) is 2.94. The van der Waals surface area contributed by atoms with Gasteiger partial charge in [0.15, 0.2) is 38.9 Å². The van der Waals surface area contributed by atoms with E-state index in [9.17, 15) is 4.57 Å². The lowest BCUT2D eigenvalue weighted by Crippen LogP contribution is -2.25. The fraction of sp³-hybridized carbons (Fsp3) is 0.0500. The third-order valence-corrected chi connectivity index (χ3v) is 20.3. The van der Waals surface area contributed by atoms with Crippen LogP contribution in [0.4, 0.5) is 0 Å². The summed E-state index contributed by atoms with van der Waals surface area (Å²) in [5.74, 6) is 2.83. The first-order valence-electron chi connectivity index (χ1n) is 22.5. The second-order valence-corrected chi connectivity index (χ2v) is 24.2. The van der Waals surface area contributed by atoms with Gasteiger partial charge in [0.05, 0.1) is 0 Å². The Hall–Kier alpha value is -7.32. The van der Waals surface area contributed by atoms with E-state index in [1.807, 2.05) is 221 Å². The van der Waals surface area contributed by atoms with E-state index < -0.39 is 21.4 Å². The van der Waals surface area contributed by atoms with E-state index in [-0.39, 0.29) is 0 Å². The van der Waals surface area contributed by atoms with Crippen LogP contribution < -0.4 is 31.8 Å². The molecule has 0 aliphatic rings. The minimum Gasteiger partial charge on any atom is -0.309 e. The average molecular weight is 958 g/mol. The molecule has 0 spiro atoms. The first-order chi connectivity index (χ1) is 33.5. The number of aryl methyl sites for hydroxylation is 1. The molecule has 9 heteroatoms. The molecule has 0 radical (unpaired) electrons. The van der Waals surface area contributed by atoms with Gasteiger partial charge in [-0.2, -0.15) is 0 Å². The molecule has 69 heavy (non-hydrogen) atoms. The third-order valence-electron chi connectivity index (χ3n) is 11.5. The van der Waals surface area contributed by atoms with Gasteiger partial charge in [-0.1, -0.05) is 250 Å². The molecule has 2 unspecified atom stereocenters. The van der Waals surface area contributed by atoms with Gasteiger partial charge in [-0.25, -0.2) is 15.0 Å². The van der Waals surface area contributed by atoms with Crippen molar-refractivity contribution in [1.29, 1.82) is 0 Å². The molecule has 0 aliphatic heterocycles. The van der Waals surface area contributed by atoms with E-state index in [2.05, 4.69) is 19.7 Å². The molecule has 0 saturated carbocycles. The molecule has 7 rings (SSSR count). The maximum absolute atomic E-state index is 15.4. The third kappa shape index (κ3) is 10.9. The number of hydrogen-bond donors (Lipinski definition) is 0. The molecule has 1 aromatic heterocycles. The van der Waals surface area contributed by atoms with Crippen LogP contribution in [0.3, 0.4) is 0 Å². The van der Waals surface area contributed by atoms with E-state index >= 15 is 9.13 Å². The highest BCUT2D eigenvalue weighted by atomic mass is 31.2. The Balaban J connectivity index is 1.37. The van der Waals surface area contributed by atoms with Crippen LogP contribution in [-0.2, 0) is 13.7 Å². The minimum absolute atomic E-state index is 0.346. The quantitative estimate of drug-likeness (QED) is 0.0629. The van der Waals surface area contributed by atoms with Crippen LogP contribution in [0.25, 0.3) is 22.5 Å². The zero-order valence-electron chi connectivity index (χ0n) is 39.0. The van der Waals surface area contributed by atoms with Crippen LogP contribution in [0.1, 0.15) is 31.1 Å². The van der Waals surface area contributed by atoms with E-state index in [0.717, 1.165) is 16.2 Å². The number of hydrogen-bond acceptors (Lipinski definition) is 6. The molecule has 0 saturated heterocycles. The fourth-order valence-electron chi connectivity index (χ4n) is 7.90. The van der Waals surface area contributed by atoms with Crippen molar-refractivity contribution >= 4 is 64.4 Å². The molecule has 0 aliphatic carbocycles. The largest absolute Gasteiger partial charge is 0.309 e. The summed E-state index contributed by atoms with van der Waals surface area (Å²) in [6.45, 7) is 18.0. The highest BCUT2D eigenvalue weighted by Crippen LogP contribution is 2.60. The van der Waals surface area contributed by atoms with Gasteiger partial charge in [0.2, 0.25) is 0 Å². The normalized spacial score (nSPS) is 14.4. The average Bonchev–Trinajstić information content (AvgIpc) is 3.40. The maximum Gasteiger partial charge on any atom is 0.171 e. The molecule has 7 aromatic rings. The minimum atomic E-state index is -3.44. The Bertz CT molecular complexity index is 3270. The molecule has 6 nitrogen and oxygen atoms in total. The summed E-state index contributed by atoms with van der Waals surface area (Å²) < 4.78 is 45.5. The van der Waals surface area contributed by atoms with Crippen LogP contribution in [0.15, 0.2) is 267 Å². The van der Waals surface area contributed by atoms with Gasteiger partial charge in [-0.15, -0.1) is 0 Å². The smallest absolute Gasteiger partial charge is 0.171 e. The Morgan fingerprint density at radius 1 is 0.536 bits per heavy atom. The summed E-state index contributed by atoms with van der Waals surface area (Å²) in [6, 6.07) is 53.1. The molecule has 0 fully saturated rings. The molecule has 1 heterocycles. The summed E-state index contributed by atoms with van der Waals surface area (Å²) in [4.78, 5) is 15.2. The molecule has 0 N–H and O–H groups in total. The number of allylic oxidation sites excluding steroid dienone is 14. The summed E-state index contributed by atoms with van der Waals surface area (Å²) in [6.07, 6.45) is 17.8. The monoisotopic (exact) mass is 957 g/mol. The van der Waals surface area contributed by atoms with E-state index in [0.29, 0.717) is 66.0 Å². The Morgan fingerprint density at radius 2 is 1.06 bits per heavy atom. The van der Waals surface area contributed by atoms with E-state index in [1.54, 1.807) is 36.2 Å². The van der Waals surface area contributed by atoms with Crippen molar-refractivity contribution in [2.24, 2.45) is 0 Å². The molecule has 2 atom stereocenters. The number of rotatable bonds is 18. The SMILES string of the molecule is C=C/C=C(\C=C)P(=O)(C(=C)/C=C\C(=C/C)c1nc(C(/C=C\C)=C/C=C/P(=O)(c2ccccc2)c2ccccc2)nc(-c2ccc(P(=O)(c3ccccc3)c3cccc(C)c3)cc2)n1)c1ccccc1. The predicted molar refractivity (Wildman–Crippen MR) is 295 cm³/mol. The Morgan fingerprint density at radius 3 is 1.58 bits per heavy atom. The Kier molecular flexibility index (Phi) is 16.3. The van der Waals surface area contributed by atoms with Crippen molar-refractivity contribution in [2.45, 2.75) is 20.8 Å². The maximum atomic E-state index is 15.4. The predicted octanol–water partition coefficient (Wildman–Crippen LogP) is 13.4. The molecular formula is C60H54N3O3P3. The van der Waals surface area contributed by atoms with Gasteiger partial charge in [0.1, 0.15) is 0 Å². The van der Waals surface area contributed by atoms with Crippen LogP contribution >= 0.6 is 21.4 Å². The van der Waals surface area contributed by atoms with Gasteiger partial charge in [0, 0.05) is 59.2 Å². The van der Waals surface area contributed by atoms with Crippen molar-refractivity contribution in [1.82, 2.24) is 15.0 Å². The van der Waals surface area contributed by atoms with Crippen LogP contribution in [0, 0.1) is 6.92 Å². The Labute approximate surface area is 407 Å². The van der Waals surface area contributed by atoms with Crippen LogP contribution in [0.2, 0.25) is 0 Å². The van der Waals surface area contributed by atoms with Crippen molar-refractivity contribution in [3.8, 4) is 11.4 Å². The first-order valence-corrected chi connectivity index (χ1v) is 27.7. The van der Waals surface area contributed by atoms with Gasteiger partial charge < -0.3 is 13.7 Å². The first kappa shape index (κ1) is 49.6. The summed E-state index contributed by atoms with van der Waals surface area (Å²) in [7, 11) is -9.93. The van der Waals surface area contributed by atoms with Crippen molar-refractivity contribution in [3.63, 3.8) is 0 Å². The standard InChI is InChI=1S/C60H54N3O3P3/c1-7-25-49(28-24-44-67(64,52-29-15-11-16-30-52)53-31-17-12-18-32-53)59-61-58(48(9-3)39-38-47(6)68(65,51(10-4)26-8-2)54-33-19-13-20-34-54)62-60(63-59)50-40-42-56(43-41-50)69(66,55-35-21-14-22-36-55)57-37-23-27-46(5)45-57/h7-45H,2,4,6H2,1,3,5H3/b25-7-,39-38-,44-24+,48-9+,49-28+,51-26+. The molecule has 342 valence electrons. The lowest BCUT2D eigenvalue weighted by Gasteiger charge is -2.21. The van der Waals surface area contributed by atoms with E-state index in [4.69, 9.17) is 15.0 Å². The second-order valence-electron chi connectivity index (χ2n) is 16.0. The van der Waals surface area contributed by atoms with Crippen LogP contribution in [-0.4, -0.2) is 15.0 Å². The number of aromatic nitrogens is 3. The number of nitrogens with zero attached hydrogens (tertiary/aromatic N) is 3. The second kappa shape index (κ2) is 22.7. The van der Waals surface area contributed by atoms with Gasteiger partial charge >= 0.3 is 0 Å². The van der Waals surface area contributed by atoms with Gasteiger partial charge in [-0.3, -0.25) is 0 Å². The number of benzene rings is 6. The lowest BCUT2D eigenvalue weighted by atomic mass is 10.1. The molecule has 0 bridgehead atoms. The zero-order valence-corrected chi connectivity index (χ0v) is 41.7.